The number of carbonyl (C=O) groups is 2. The Balaban J connectivity index is 2.41. The number of methoxy groups -OCH3 is 2. The molecular formula is C26H37N3O6S. The third kappa shape index (κ3) is 8.15. The predicted octanol–water partition coefficient (Wildman–Crippen LogP) is 3.19. The lowest BCUT2D eigenvalue weighted by molar-refractivity contribution is -0.140. The maximum atomic E-state index is 13.7. The topological polar surface area (TPSA) is 105 Å². The van der Waals surface area contributed by atoms with E-state index in [4.69, 9.17) is 9.47 Å². The van der Waals surface area contributed by atoms with Crippen molar-refractivity contribution in [1.29, 1.82) is 0 Å². The summed E-state index contributed by atoms with van der Waals surface area (Å²) in [6, 6.07) is 12.9. The summed E-state index contributed by atoms with van der Waals surface area (Å²) in [6.07, 6.45) is 3.17. The second kappa shape index (κ2) is 13.7. The predicted molar refractivity (Wildman–Crippen MR) is 141 cm³/mol. The van der Waals surface area contributed by atoms with Gasteiger partial charge in [-0.25, -0.2) is 8.42 Å². The molecule has 0 fully saturated rings. The average molecular weight is 520 g/mol. The average Bonchev–Trinajstić information content (AvgIpc) is 2.86. The van der Waals surface area contributed by atoms with E-state index in [-0.39, 0.29) is 12.5 Å². The van der Waals surface area contributed by atoms with Crippen molar-refractivity contribution < 1.29 is 27.5 Å². The quantitative estimate of drug-likeness (QED) is 0.385. The number of unbranched alkanes of at least 4 members (excludes halogenated alkanes) is 1. The van der Waals surface area contributed by atoms with Crippen molar-refractivity contribution in [1.82, 2.24) is 10.2 Å². The van der Waals surface area contributed by atoms with Crippen LogP contribution in [0.25, 0.3) is 0 Å². The second-order valence-corrected chi connectivity index (χ2v) is 10.3. The first-order valence-corrected chi connectivity index (χ1v) is 13.8. The van der Waals surface area contributed by atoms with Crippen molar-refractivity contribution >= 4 is 27.5 Å². The van der Waals surface area contributed by atoms with Crippen molar-refractivity contribution in [2.24, 2.45) is 0 Å². The van der Waals surface area contributed by atoms with E-state index in [1.807, 2.05) is 19.9 Å². The van der Waals surface area contributed by atoms with Gasteiger partial charge in [-0.2, -0.15) is 0 Å². The molecule has 0 spiro atoms. The van der Waals surface area contributed by atoms with Gasteiger partial charge in [0, 0.05) is 13.1 Å². The van der Waals surface area contributed by atoms with Gasteiger partial charge in [0.05, 0.1) is 26.2 Å². The van der Waals surface area contributed by atoms with Crippen LogP contribution in [0.3, 0.4) is 0 Å². The number of rotatable bonds is 14. The molecule has 0 heterocycles. The molecule has 0 saturated heterocycles. The van der Waals surface area contributed by atoms with E-state index in [0.29, 0.717) is 30.2 Å². The van der Waals surface area contributed by atoms with Crippen LogP contribution in [0, 0.1) is 0 Å². The molecule has 2 amide bonds. The summed E-state index contributed by atoms with van der Waals surface area (Å²) in [7, 11) is -0.729. The molecule has 0 aliphatic heterocycles. The molecule has 2 aromatic carbocycles. The fourth-order valence-electron chi connectivity index (χ4n) is 3.76. The van der Waals surface area contributed by atoms with Crippen LogP contribution in [-0.2, 0) is 26.2 Å². The van der Waals surface area contributed by atoms with E-state index in [2.05, 4.69) is 5.32 Å². The van der Waals surface area contributed by atoms with Crippen LogP contribution < -0.4 is 19.1 Å². The largest absolute Gasteiger partial charge is 0.497 e. The molecule has 2 aromatic rings. The van der Waals surface area contributed by atoms with Gasteiger partial charge in [0.2, 0.25) is 21.8 Å². The van der Waals surface area contributed by atoms with Gasteiger partial charge in [0.25, 0.3) is 0 Å². The van der Waals surface area contributed by atoms with Crippen LogP contribution in [0.4, 0.5) is 5.69 Å². The van der Waals surface area contributed by atoms with Crippen LogP contribution in [0.5, 0.6) is 11.5 Å². The number of amides is 2. The van der Waals surface area contributed by atoms with E-state index >= 15 is 0 Å². The molecule has 0 saturated carbocycles. The van der Waals surface area contributed by atoms with Gasteiger partial charge in [-0.3, -0.25) is 13.9 Å². The fraction of sp³-hybridized carbons (Fsp3) is 0.462. The lowest BCUT2D eigenvalue weighted by Crippen LogP contribution is -2.52. The van der Waals surface area contributed by atoms with Crippen molar-refractivity contribution in [3.63, 3.8) is 0 Å². The van der Waals surface area contributed by atoms with E-state index in [9.17, 15) is 18.0 Å². The van der Waals surface area contributed by atoms with Gasteiger partial charge in [-0.1, -0.05) is 32.4 Å². The van der Waals surface area contributed by atoms with Gasteiger partial charge < -0.3 is 19.7 Å². The zero-order valence-electron chi connectivity index (χ0n) is 21.7. The highest BCUT2D eigenvalue weighted by molar-refractivity contribution is 7.92. The number of ether oxygens (including phenoxy) is 2. The third-order valence-corrected chi connectivity index (χ3v) is 6.88. The SMILES string of the molecule is CCCCNC(=O)[C@H](CC)N(Cc1cccc(OC)c1)C(=O)CN(c1ccc(OC)cc1)S(C)(=O)=O. The molecule has 2 rings (SSSR count). The molecule has 1 atom stereocenters. The first kappa shape index (κ1) is 29.0. The van der Waals surface area contributed by atoms with Crippen molar-refractivity contribution in [2.75, 3.05) is 37.9 Å². The van der Waals surface area contributed by atoms with Crippen molar-refractivity contribution in [2.45, 2.75) is 45.7 Å². The van der Waals surface area contributed by atoms with Crippen LogP contribution in [0.1, 0.15) is 38.7 Å². The number of anilines is 1. The fourth-order valence-corrected chi connectivity index (χ4v) is 4.60. The Hall–Kier alpha value is -3.27. The maximum Gasteiger partial charge on any atom is 0.244 e. The summed E-state index contributed by atoms with van der Waals surface area (Å²) in [5.41, 5.74) is 1.09. The number of nitrogens with one attached hydrogen (secondary N) is 1. The van der Waals surface area contributed by atoms with Crippen LogP contribution in [0.2, 0.25) is 0 Å². The summed E-state index contributed by atoms with van der Waals surface area (Å²) in [5, 5.41) is 2.90. The van der Waals surface area contributed by atoms with Crippen molar-refractivity contribution in [3.8, 4) is 11.5 Å². The number of sulfonamides is 1. The lowest BCUT2D eigenvalue weighted by atomic mass is 10.1. The molecule has 1 N–H and O–H groups in total. The molecule has 10 heteroatoms. The first-order chi connectivity index (χ1) is 17.1. The van der Waals surface area contributed by atoms with Crippen LogP contribution in [0.15, 0.2) is 48.5 Å². The van der Waals surface area contributed by atoms with Gasteiger partial charge in [-0.05, 0) is 54.8 Å². The molecular weight excluding hydrogens is 482 g/mol. The third-order valence-electron chi connectivity index (χ3n) is 5.74. The molecule has 0 bridgehead atoms. The normalized spacial score (nSPS) is 11.9. The minimum atomic E-state index is -3.80. The Morgan fingerprint density at radius 3 is 2.22 bits per heavy atom. The van der Waals surface area contributed by atoms with Gasteiger partial charge in [0.15, 0.2) is 0 Å². The maximum absolute atomic E-state index is 13.7. The number of carbonyl (C=O) groups excluding carboxylic acids is 2. The summed E-state index contributed by atoms with van der Waals surface area (Å²) in [6.45, 7) is 4.03. The zero-order valence-corrected chi connectivity index (χ0v) is 22.5. The Kier molecular flexibility index (Phi) is 11.0. The van der Waals surface area contributed by atoms with Gasteiger partial charge >= 0.3 is 0 Å². The molecule has 0 aliphatic carbocycles. The number of nitrogens with zero attached hydrogens (tertiary/aromatic N) is 2. The summed E-state index contributed by atoms with van der Waals surface area (Å²) >= 11 is 0. The van der Waals surface area contributed by atoms with Crippen LogP contribution in [-0.4, -0.2) is 64.7 Å². The van der Waals surface area contributed by atoms with E-state index in [0.717, 1.165) is 29.0 Å². The zero-order chi connectivity index (χ0) is 26.7. The van der Waals surface area contributed by atoms with Gasteiger partial charge in [-0.15, -0.1) is 0 Å². The van der Waals surface area contributed by atoms with Crippen molar-refractivity contribution in [3.05, 3.63) is 54.1 Å². The molecule has 0 unspecified atom stereocenters. The highest BCUT2D eigenvalue weighted by atomic mass is 32.2. The number of hydrogen-bond acceptors (Lipinski definition) is 6. The number of hydrogen-bond donors (Lipinski definition) is 1. The van der Waals surface area contributed by atoms with E-state index in [1.54, 1.807) is 49.6 Å². The van der Waals surface area contributed by atoms with E-state index in [1.165, 1.54) is 12.0 Å². The smallest absolute Gasteiger partial charge is 0.244 e. The minimum Gasteiger partial charge on any atom is -0.497 e. The summed E-state index contributed by atoms with van der Waals surface area (Å²) in [4.78, 5) is 28.2. The van der Waals surface area contributed by atoms with Gasteiger partial charge in [0.1, 0.15) is 24.1 Å². The Bertz CT molecular complexity index is 1100. The van der Waals surface area contributed by atoms with Crippen LogP contribution >= 0.6 is 0 Å². The summed E-state index contributed by atoms with van der Waals surface area (Å²) < 4.78 is 36.8. The Morgan fingerprint density at radius 2 is 1.67 bits per heavy atom. The highest BCUT2D eigenvalue weighted by Gasteiger charge is 2.31. The molecule has 36 heavy (non-hydrogen) atoms. The summed E-state index contributed by atoms with van der Waals surface area (Å²) in [5.74, 6) is 0.429. The second-order valence-electron chi connectivity index (χ2n) is 8.41. The molecule has 9 nitrogen and oxygen atoms in total. The lowest BCUT2D eigenvalue weighted by Gasteiger charge is -2.33. The Morgan fingerprint density at radius 1 is 1.00 bits per heavy atom. The standard InChI is InChI=1S/C26H37N3O6S/c1-6-8-16-27-26(31)24(7-2)28(18-20-10-9-11-23(17-20)35-4)25(30)19-29(36(5,32)33)21-12-14-22(34-3)15-13-21/h9-15,17,24H,6-8,16,18-19H2,1-5H3,(H,27,31)/t24-/m0/s1. The molecule has 198 valence electrons. The van der Waals surface area contributed by atoms with E-state index < -0.39 is 28.5 Å². The Labute approximate surface area is 214 Å². The molecule has 0 aromatic heterocycles. The molecule has 0 aliphatic rings. The minimum absolute atomic E-state index is 0.121. The molecule has 0 radical (unpaired) electrons. The first-order valence-electron chi connectivity index (χ1n) is 12.0. The highest BCUT2D eigenvalue weighted by Crippen LogP contribution is 2.23. The monoisotopic (exact) mass is 519 g/mol. The number of benzene rings is 2.